The van der Waals surface area contributed by atoms with Gasteiger partial charge in [-0.05, 0) is 41.5 Å². The number of para-hydroxylation sites is 3. The van der Waals surface area contributed by atoms with Crippen LogP contribution in [0.25, 0.3) is 10.9 Å². The van der Waals surface area contributed by atoms with Crippen LogP contribution in [-0.2, 0) is 17.8 Å². The van der Waals surface area contributed by atoms with Crippen molar-refractivity contribution in [1.29, 1.82) is 0 Å². The van der Waals surface area contributed by atoms with Crippen molar-refractivity contribution in [3.05, 3.63) is 90.1 Å². The Morgan fingerprint density at radius 3 is 2.60 bits per heavy atom. The first-order valence-electron chi connectivity index (χ1n) is 9.81. The lowest BCUT2D eigenvalue weighted by Gasteiger charge is -2.22. The van der Waals surface area contributed by atoms with Crippen LogP contribution >= 0.6 is 0 Å². The lowest BCUT2D eigenvalue weighted by molar-refractivity contribution is -0.136. The van der Waals surface area contributed by atoms with Crippen LogP contribution in [0.15, 0.2) is 79.0 Å². The van der Waals surface area contributed by atoms with Crippen molar-refractivity contribution in [2.75, 3.05) is 19.1 Å². The summed E-state index contributed by atoms with van der Waals surface area (Å²) in [6, 6.07) is 24.2. The van der Waals surface area contributed by atoms with Gasteiger partial charge in [-0.2, -0.15) is 0 Å². The van der Waals surface area contributed by atoms with Gasteiger partial charge in [0.1, 0.15) is 5.75 Å². The Balaban J connectivity index is 1.66. The van der Waals surface area contributed by atoms with E-state index < -0.39 is 5.97 Å². The highest BCUT2D eigenvalue weighted by Gasteiger charge is 2.13. The Labute approximate surface area is 175 Å². The molecule has 0 amide bonds. The van der Waals surface area contributed by atoms with Crippen LogP contribution in [0.4, 0.5) is 11.4 Å². The van der Waals surface area contributed by atoms with E-state index in [1.807, 2.05) is 67.8 Å². The molecule has 0 atom stereocenters. The zero-order valence-electron chi connectivity index (χ0n) is 17.1. The van der Waals surface area contributed by atoms with E-state index in [-0.39, 0.29) is 6.42 Å². The van der Waals surface area contributed by atoms with Crippen molar-refractivity contribution in [1.82, 2.24) is 4.57 Å². The number of fused-ring (bicyclic) bond motifs is 1. The second-order valence-electron chi connectivity index (χ2n) is 7.27. The molecule has 5 nitrogen and oxygen atoms in total. The van der Waals surface area contributed by atoms with Crippen molar-refractivity contribution in [2.45, 2.75) is 13.0 Å². The molecule has 0 aliphatic heterocycles. The monoisotopic (exact) mass is 400 g/mol. The molecule has 0 radical (unpaired) electrons. The smallest absolute Gasteiger partial charge is 0.307 e. The predicted molar refractivity (Wildman–Crippen MR) is 120 cm³/mol. The number of carboxylic acids is 1. The quantitative estimate of drug-likeness (QED) is 0.469. The van der Waals surface area contributed by atoms with E-state index >= 15 is 0 Å². The van der Waals surface area contributed by atoms with Gasteiger partial charge in [0.15, 0.2) is 0 Å². The summed E-state index contributed by atoms with van der Waals surface area (Å²) in [5.41, 5.74) is 5.06. The molecule has 3 aromatic carbocycles. The molecule has 1 aromatic heterocycles. The third kappa shape index (κ3) is 3.87. The van der Waals surface area contributed by atoms with E-state index in [4.69, 9.17) is 4.74 Å². The molecule has 152 valence electrons. The van der Waals surface area contributed by atoms with Crippen molar-refractivity contribution < 1.29 is 14.6 Å². The van der Waals surface area contributed by atoms with Crippen LogP contribution in [0.2, 0.25) is 0 Å². The maximum atomic E-state index is 11.3. The largest absolute Gasteiger partial charge is 0.495 e. The molecule has 0 saturated carbocycles. The van der Waals surface area contributed by atoms with Gasteiger partial charge in [-0.3, -0.25) is 4.79 Å². The lowest BCUT2D eigenvalue weighted by Crippen LogP contribution is -2.11. The van der Waals surface area contributed by atoms with E-state index in [0.29, 0.717) is 6.54 Å². The average Bonchev–Trinajstić information content (AvgIpc) is 3.10. The fourth-order valence-corrected chi connectivity index (χ4v) is 3.86. The number of benzene rings is 3. The first kappa shape index (κ1) is 19.6. The summed E-state index contributed by atoms with van der Waals surface area (Å²) >= 11 is 0. The zero-order valence-corrected chi connectivity index (χ0v) is 17.1. The number of aliphatic carboxylic acids is 1. The summed E-state index contributed by atoms with van der Waals surface area (Å²) < 4.78 is 7.62. The molecule has 1 N–H and O–H groups in total. The second-order valence-corrected chi connectivity index (χ2v) is 7.27. The van der Waals surface area contributed by atoms with E-state index in [0.717, 1.165) is 39.2 Å². The van der Waals surface area contributed by atoms with Crippen molar-refractivity contribution >= 4 is 28.2 Å². The number of carbonyl (C=O) groups is 1. The van der Waals surface area contributed by atoms with Crippen molar-refractivity contribution in [3.63, 3.8) is 0 Å². The molecular formula is C25H24N2O3. The SMILES string of the molecule is COc1ccccc1N(C)c1cccc(Cn2cc(CC(=O)O)c3ccccc32)c1. The van der Waals surface area contributed by atoms with Gasteiger partial charge in [0.25, 0.3) is 0 Å². The van der Waals surface area contributed by atoms with Crippen molar-refractivity contribution in [2.24, 2.45) is 0 Å². The molecule has 0 aliphatic carbocycles. The van der Waals surface area contributed by atoms with E-state index in [1.54, 1.807) is 7.11 Å². The third-order valence-corrected chi connectivity index (χ3v) is 5.31. The van der Waals surface area contributed by atoms with Gasteiger partial charge in [-0.1, -0.05) is 42.5 Å². The van der Waals surface area contributed by atoms with Gasteiger partial charge in [0, 0.05) is 36.4 Å². The highest BCUT2D eigenvalue weighted by atomic mass is 16.5. The minimum Gasteiger partial charge on any atom is -0.495 e. The van der Waals surface area contributed by atoms with E-state index in [1.165, 1.54) is 0 Å². The molecule has 1 heterocycles. The van der Waals surface area contributed by atoms with Crippen LogP contribution in [0.5, 0.6) is 5.75 Å². The summed E-state index contributed by atoms with van der Waals surface area (Å²) in [4.78, 5) is 13.4. The number of ether oxygens (including phenoxy) is 1. The molecule has 5 heteroatoms. The van der Waals surface area contributed by atoms with Crippen LogP contribution in [0, 0.1) is 0 Å². The third-order valence-electron chi connectivity index (χ3n) is 5.31. The molecule has 30 heavy (non-hydrogen) atoms. The molecule has 0 fully saturated rings. The normalized spacial score (nSPS) is 10.9. The highest BCUT2D eigenvalue weighted by Crippen LogP contribution is 2.32. The maximum Gasteiger partial charge on any atom is 0.307 e. The minimum atomic E-state index is -0.821. The summed E-state index contributed by atoms with van der Waals surface area (Å²) in [6.45, 7) is 0.660. The Hall–Kier alpha value is -3.73. The zero-order chi connectivity index (χ0) is 21.1. The number of nitrogens with zero attached hydrogens (tertiary/aromatic N) is 2. The van der Waals surface area contributed by atoms with Gasteiger partial charge < -0.3 is 19.3 Å². The molecule has 0 aliphatic rings. The summed E-state index contributed by atoms with van der Waals surface area (Å²) in [6.07, 6.45) is 1.97. The second kappa shape index (κ2) is 8.33. The van der Waals surface area contributed by atoms with E-state index in [2.05, 4.69) is 27.7 Å². The predicted octanol–water partition coefficient (Wildman–Crippen LogP) is 5.09. The fourth-order valence-electron chi connectivity index (χ4n) is 3.86. The molecule has 4 aromatic rings. The Kier molecular flexibility index (Phi) is 5.44. The van der Waals surface area contributed by atoms with Gasteiger partial charge in [-0.15, -0.1) is 0 Å². The number of aromatic nitrogens is 1. The van der Waals surface area contributed by atoms with Gasteiger partial charge in [-0.25, -0.2) is 0 Å². The van der Waals surface area contributed by atoms with Crippen LogP contribution in [-0.4, -0.2) is 29.8 Å². The molecule has 0 saturated heterocycles. The number of carboxylic acid groups (broad SMARTS) is 1. The Bertz CT molecular complexity index is 1200. The molecule has 0 unspecified atom stereocenters. The topological polar surface area (TPSA) is 54.7 Å². The van der Waals surface area contributed by atoms with Crippen LogP contribution in [0.3, 0.4) is 0 Å². The maximum absolute atomic E-state index is 11.3. The summed E-state index contributed by atoms with van der Waals surface area (Å²) in [5.74, 6) is -0.00143. The standard InChI is InChI=1S/C25H24N2O3/c1-26(23-12-5-6-13-24(23)30-2)20-9-7-8-18(14-20)16-27-17-19(15-25(28)29)21-10-3-4-11-22(21)27/h3-14,17H,15-16H2,1-2H3,(H,28,29). The number of hydrogen-bond donors (Lipinski definition) is 1. The molecule has 4 rings (SSSR count). The first-order valence-corrected chi connectivity index (χ1v) is 9.81. The highest BCUT2D eigenvalue weighted by molar-refractivity contribution is 5.87. The molecular weight excluding hydrogens is 376 g/mol. The van der Waals surface area contributed by atoms with Gasteiger partial charge >= 0.3 is 5.97 Å². The Morgan fingerprint density at radius 2 is 1.80 bits per heavy atom. The average molecular weight is 400 g/mol. The van der Waals surface area contributed by atoms with Crippen LogP contribution in [0.1, 0.15) is 11.1 Å². The lowest BCUT2D eigenvalue weighted by atomic mass is 10.1. The van der Waals surface area contributed by atoms with Gasteiger partial charge in [0.05, 0.1) is 19.2 Å². The summed E-state index contributed by atoms with van der Waals surface area (Å²) in [7, 11) is 3.70. The van der Waals surface area contributed by atoms with Crippen LogP contribution < -0.4 is 9.64 Å². The number of anilines is 2. The van der Waals surface area contributed by atoms with Crippen molar-refractivity contribution in [3.8, 4) is 5.75 Å². The number of methoxy groups -OCH3 is 1. The Morgan fingerprint density at radius 1 is 1.03 bits per heavy atom. The fraction of sp³-hybridized carbons (Fsp3) is 0.160. The first-order chi connectivity index (χ1) is 14.6. The minimum absolute atomic E-state index is 0.0179. The molecule has 0 spiro atoms. The summed E-state index contributed by atoms with van der Waals surface area (Å²) in [5, 5.41) is 10.2. The number of hydrogen-bond acceptors (Lipinski definition) is 3. The van der Waals surface area contributed by atoms with Gasteiger partial charge in [0.2, 0.25) is 0 Å². The van der Waals surface area contributed by atoms with E-state index in [9.17, 15) is 9.90 Å². The molecule has 0 bridgehead atoms. The number of rotatable bonds is 7.